The van der Waals surface area contributed by atoms with E-state index in [9.17, 15) is 24.0 Å². The van der Waals surface area contributed by atoms with Gasteiger partial charge in [0.1, 0.15) is 18.4 Å². The van der Waals surface area contributed by atoms with Gasteiger partial charge in [-0.05, 0) is 71.5 Å². The van der Waals surface area contributed by atoms with Gasteiger partial charge in [-0.1, -0.05) is 60.7 Å². The zero-order valence-electron chi connectivity index (χ0n) is 24.0. The molecule has 4 aromatic rings. The maximum absolute atomic E-state index is 13.1. The van der Waals surface area contributed by atoms with Gasteiger partial charge in [0.25, 0.3) is 17.7 Å². The van der Waals surface area contributed by atoms with Crippen LogP contribution < -0.4 is 15.4 Å². The third kappa shape index (κ3) is 5.59. The Labute approximate surface area is 253 Å². The number of ether oxygens (including phenoxy) is 1. The number of hydrogen-bond donors (Lipinski definition) is 2. The van der Waals surface area contributed by atoms with Gasteiger partial charge in [-0.3, -0.25) is 34.2 Å². The highest BCUT2D eigenvalue weighted by Gasteiger charge is 2.44. The number of hydrogen-bond acceptors (Lipinski definition) is 6. The van der Waals surface area contributed by atoms with Crippen molar-refractivity contribution in [3.05, 3.63) is 124 Å². The number of amides is 5. The number of carbonyl (C=O) groups excluding carboxylic acids is 5. The highest BCUT2D eigenvalue weighted by molar-refractivity contribution is 6.24. The lowest BCUT2D eigenvalue weighted by atomic mass is 9.97. The average molecular weight is 588 g/mol. The smallest absolute Gasteiger partial charge is 0.262 e. The second-order valence-corrected chi connectivity index (χ2v) is 10.8. The van der Waals surface area contributed by atoms with E-state index in [0.29, 0.717) is 12.4 Å². The first-order valence-electron chi connectivity index (χ1n) is 14.3. The largest absolute Gasteiger partial charge is 0.489 e. The SMILES string of the molecule is Cc1c(COc2ccc(CNC(=O)c3ccc4c(c3)C(=O)N(C3CCC(=O)NC3=O)C4=O)cc2)cccc1-c1ccccc1. The van der Waals surface area contributed by atoms with Gasteiger partial charge in [0.2, 0.25) is 11.8 Å². The summed E-state index contributed by atoms with van der Waals surface area (Å²) in [4.78, 5) is 63.5. The van der Waals surface area contributed by atoms with Crippen LogP contribution in [0.3, 0.4) is 0 Å². The summed E-state index contributed by atoms with van der Waals surface area (Å²) < 4.78 is 6.05. The van der Waals surface area contributed by atoms with E-state index in [2.05, 4.69) is 41.8 Å². The summed E-state index contributed by atoms with van der Waals surface area (Å²) in [5.41, 5.74) is 5.83. The lowest BCUT2D eigenvalue weighted by Crippen LogP contribution is -2.54. The molecule has 9 heteroatoms. The molecule has 5 amide bonds. The normalized spacial score (nSPS) is 16.0. The van der Waals surface area contributed by atoms with Crippen molar-refractivity contribution in [2.45, 2.75) is 39.0 Å². The van der Waals surface area contributed by atoms with Gasteiger partial charge >= 0.3 is 0 Å². The maximum atomic E-state index is 13.1. The summed E-state index contributed by atoms with van der Waals surface area (Å²) in [5, 5.41) is 5.00. The molecule has 9 nitrogen and oxygen atoms in total. The summed E-state index contributed by atoms with van der Waals surface area (Å²) in [7, 11) is 0. The molecule has 6 rings (SSSR count). The molecule has 2 aliphatic rings. The molecule has 2 N–H and O–H groups in total. The minimum absolute atomic E-state index is 0.0346. The first kappa shape index (κ1) is 28.5. The molecule has 0 saturated carbocycles. The number of nitrogens with zero attached hydrogens (tertiary/aromatic N) is 1. The summed E-state index contributed by atoms with van der Waals surface area (Å²) in [6.07, 6.45) is 0.0985. The Morgan fingerprint density at radius 2 is 1.61 bits per heavy atom. The van der Waals surface area contributed by atoms with Crippen LogP contribution in [0.2, 0.25) is 0 Å². The number of carbonyl (C=O) groups is 5. The van der Waals surface area contributed by atoms with Crippen LogP contribution in [0.5, 0.6) is 5.75 Å². The number of piperidine rings is 1. The van der Waals surface area contributed by atoms with E-state index in [-0.39, 0.29) is 36.1 Å². The molecule has 220 valence electrons. The van der Waals surface area contributed by atoms with E-state index in [1.165, 1.54) is 29.3 Å². The molecule has 0 aromatic heterocycles. The van der Waals surface area contributed by atoms with Crippen LogP contribution in [0.4, 0.5) is 0 Å². The van der Waals surface area contributed by atoms with Crippen LogP contribution >= 0.6 is 0 Å². The Kier molecular flexibility index (Phi) is 7.76. The fourth-order valence-electron chi connectivity index (χ4n) is 5.53. The lowest BCUT2D eigenvalue weighted by Gasteiger charge is -2.27. The van der Waals surface area contributed by atoms with Crippen LogP contribution in [0.1, 0.15) is 60.6 Å². The molecule has 2 heterocycles. The van der Waals surface area contributed by atoms with E-state index in [0.717, 1.165) is 21.6 Å². The first-order valence-corrected chi connectivity index (χ1v) is 14.3. The van der Waals surface area contributed by atoms with Gasteiger partial charge in [-0.25, -0.2) is 0 Å². The predicted molar refractivity (Wildman–Crippen MR) is 162 cm³/mol. The fraction of sp³-hybridized carbons (Fsp3) is 0.171. The number of nitrogens with one attached hydrogen (secondary N) is 2. The molecular formula is C35H29N3O6. The quantitative estimate of drug-likeness (QED) is 0.291. The Bertz CT molecular complexity index is 1800. The molecule has 1 saturated heterocycles. The number of imide groups is 2. The number of fused-ring (bicyclic) bond motifs is 1. The lowest BCUT2D eigenvalue weighted by molar-refractivity contribution is -0.136. The van der Waals surface area contributed by atoms with Gasteiger partial charge < -0.3 is 10.1 Å². The Balaban J connectivity index is 1.06. The zero-order chi connectivity index (χ0) is 30.8. The molecule has 2 aliphatic heterocycles. The molecule has 0 aliphatic carbocycles. The van der Waals surface area contributed by atoms with Crippen LogP contribution in [0.25, 0.3) is 11.1 Å². The topological polar surface area (TPSA) is 122 Å². The van der Waals surface area contributed by atoms with Crippen molar-refractivity contribution in [3.8, 4) is 16.9 Å². The number of rotatable bonds is 8. The molecule has 1 fully saturated rings. The zero-order valence-corrected chi connectivity index (χ0v) is 24.0. The third-order valence-electron chi connectivity index (χ3n) is 8.00. The predicted octanol–water partition coefficient (Wildman–Crippen LogP) is 4.57. The Morgan fingerprint density at radius 3 is 2.36 bits per heavy atom. The molecule has 0 bridgehead atoms. The van der Waals surface area contributed by atoms with E-state index in [1.54, 1.807) is 0 Å². The standard InChI is InChI=1S/C35H29N3O6/c1-21-25(8-5-9-27(21)23-6-3-2-4-7-23)20-44-26-13-10-22(11-14-26)19-36-32(40)24-12-15-28-29(18-24)35(43)38(34(28)42)30-16-17-31(39)37-33(30)41/h2-15,18,30H,16-17,19-20H2,1H3,(H,36,40)(H,37,39,41). The Hall–Kier alpha value is -5.57. The molecule has 0 radical (unpaired) electrons. The molecule has 1 atom stereocenters. The molecule has 0 spiro atoms. The van der Waals surface area contributed by atoms with E-state index in [4.69, 9.17) is 4.74 Å². The fourth-order valence-corrected chi connectivity index (χ4v) is 5.53. The van der Waals surface area contributed by atoms with Crippen LogP contribution in [0, 0.1) is 6.92 Å². The highest BCUT2D eigenvalue weighted by atomic mass is 16.5. The van der Waals surface area contributed by atoms with Gasteiger partial charge in [0, 0.05) is 18.5 Å². The maximum Gasteiger partial charge on any atom is 0.262 e. The monoisotopic (exact) mass is 587 g/mol. The van der Waals surface area contributed by atoms with Crippen LogP contribution in [0.15, 0.2) is 91.0 Å². The van der Waals surface area contributed by atoms with Crippen molar-refractivity contribution >= 4 is 29.5 Å². The molecule has 4 aromatic carbocycles. The van der Waals surface area contributed by atoms with E-state index < -0.39 is 35.6 Å². The summed E-state index contributed by atoms with van der Waals surface area (Å²) in [5.74, 6) is -2.12. The molecular weight excluding hydrogens is 558 g/mol. The van der Waals surface area contributed by atoms with Gasteiger partial charge in [0.15, 0.2) is 0 Å². The summed E-state index contributed by atoms with van der Waals surface area (Å²) in [6, 6.07) is 27.0. The Morgan fingerprint density at radius 1 is 0.864 bits per heavy atom. The van der Waals surface area contributed by atoms with E-state index in [1.807, 2.05) is 48.5 Å². The second kappa shape index (κ2) is 12.0. The van der Waals surface area contributed by atoms with Crippen LogP contribution in [-0.4, -0.2) is 40.5 Å². The number of benzene rings is 4. The summed E-state index contributed by atoms with van der Waals surface area (Å²) in [6.45, 7) is 2.75. The highest BCUT2D eigenvalue weighted by Crippen LogP contribution is 2.29. The minimum Gasteiger partial charge on any atom is -0.489 e. The minimum atomic E-state index is -1.06. The van der Waals surface area contributed by atoms with Gasteiger partial charge in [-0.2, -0.15) is 0 Å². The molecule has 1 unspecified atom stereocenters. The van der Waals surface area contributed by atoms with Crippen molar-refractivity contribution < 1.29 is 28.7 Å². The van der Waals surface area contributed by atoms with E-state index >= 15 is 0 Å². The first-order chi connectivity index (χ1) is 21.3. The van der Waals surface area contributed by atoms with Crippen molar-refractivity contribution in [2.24, 2.45) is 0 Å². The van der Waals surface area contributed by atoms with Crippen molar-refractivity contribution in [2.75, 3.05) is 0 Å². The average Bonchev–Trinajstić information content (AvgIpc) is 3.28. The van der Waals surface area contributed by atoms with Gasteiger partial charge in [-0.15, -0.1) is 0 Å². The van der Waals surface area contributed by atoms with Crippen molar-refractivity contribution in [1.82, 2.24) is 15.5 Å². The van der Waals surface area contributed by atoms with Crippen LogP contribution in [-0.2, 0) is 22.7 Å². The van der Waals surface area contributed by atoms with Gasteiger partial charge in [0.05, 0.1) is 11.1 Å². The van der Waals surface area contributed by atoms with Crippen molar-refractivity contribution in [3.63, 3.8) is 0 Å². The molecule has 44 heavy (non-hydrogen) atoms. The summed E-state index contributed by atoms with van der Waals surface area (Å²) >= 11 is 0. The second-order valence-electron chi connectivity index (χ2n) is 10.8. The van der Waals surface area contributed by atoms with Crippen molar-refractivity contribution in [1.29, 1.82) is 0 Å². The third-order valence-corrected chi connectivity index (χ3v) is 8.00.